The second-order valence-corrected chi connectivity index (χ2v) is 8.53. The average molecular weight is 360 g/mol. The minimum atomic E-state index is -4.02. The second-order valence-electron chi connectivity index (χ2n) is 6.85. The van der Waals surface area contributed by atoms with Crippen molar-refractivity contribution in [1.29, 1.82) is 0 Å². The van der Waals surface area contributed by atoms with E-state index in [0.717, 1.165) is 18.7 Å². The first-order chi connectivity index (χ1) is 11.3. The van der Waals surface area contributed by atoms with E-state index >= 15 is 0 Å². The van der Waals surface area contributed by atoms with Crippen LogP contribution in [0.4, 0.5) is 8.78 Å². The van der Waals surface area contributed by atoms with Crippen LogP contribution >= 0.6 is 0 Å². The first-order valence-electron chi connectivity index (χ1n) is 8.09. The molecular weight excluding hydrogens is 338 g/mol. The van der Waals surface area contributed by atoms with Gasteiger partial charge in [-0.05, 0) is 24.5 Å². The van der Waals surface area contributed by atoms with Gasteiger partial charge in [0.25, 0.3) is 0 Å². The fraction of sp³-hybridized carbons (Fsp3) is 0.625. The highest BCUT2D eigenvalue weighted by molar-refractivity contribution is 7.89. The molecule has 0 aliphatic carbocycles. The molecule has 1 aromatic carbocycles. The summed E-state index contributed by atoms with van der Waals surface area (Å²) in [6, 6.07) is 2.34. The van der Waals surface area contributed by atoms with E-state index in [1.54, 1.807) is 0 Å². The van der Waals surface area contributed by atoms with E-state index in [2.05, 4.69) is 23.5 Å². The summed E-state index contributed by atoms with van der Waals surface area (Å²) >= 11 is 0. The average Bonchev–Trinajstić information content (AvgIpc) is 2.86. The lowest BCUT2D eigenvalue weighted by molar-refractivity contribution is -0.0683. The van der Waals surface area contributed by atoms with Gasteiger partial charge < -0.3 is 4.74 Å². The number of hydrogen-bond acceptors (Lipinski definition) is 4. The number of nitrogens with zero attached hydrogens (tertiary/aromatic N) is 1. The zero-order chi connectivity index (χ0) is 17.5. The first kappa shape index (κ1) is 17.7. The Morgan fingerprint density at radius 2 is 2.04 bits per heavy atom. The Hall–Kier alpha value is -1.09. The van der Waals surface area contributed by atoms with Crippen LogP contribution in [0, 0.1) is 17.6 Å². The zero-order valence-electron chi connectivity index (χ0n) is 13.7. The quantitative estimate of drug-likeness (QED) is 0.889. The van der Waals surface area contributed by atoms with Gasteiger partial charge in [-0.25, -0.2) is 21.9 Å². The Bertz CT molecular complexity index is 711. The molecule has 134 valence electrons. The van der Waals surface area contributed by atoms with Gasteiger partial charge in [0.1, 0.15) is 16.5 Å². The number of hydrogen-bond donors (Lipinski definition) is 1. The normalized spacial score (nSPS) is 28.3. The molecular formula is C16H22F2N2O3S. The van der Waals surface area contributed by atoms with Crippen LogP contribution in [0.5, 0.6) is 0 Å². The summed E-state index contributed by atoms with van der Waals surface area (Å²) in [7, 11) is -4.02. The summed E-state index contributed by atoms with van der Waals surface area (Å²) in [5, 5.41) is 0. The van der Waals surface area contributed by atoms with Gasteiger partial charge in [0, 0.05) is 31.2 Å². The number of ether oxygens (including phenoxy) is 1. The summed E-state index contributed by atoms with van der Waals surface area (Å²) in [4.78, 5) is 1.70. The molecule has 0 radical (unpaired) electrons. The molecule has 0 amide bonds. The molecule has 1 aromatic rings. The van der Waals surface area contributed by atoms with Crippen LogP contribution in [0.2, 0.25) is 0 Å². The number of fused-ring (bicyclic) bond motifs is 1. The molecule has 0 spiro atoms. The smallest absolute Gasteiger partial charge is 0.243 e. The number of halogens is 2. The van der Waals surface area contributed by atoms with Crippen LogP contribution in [0.1, 0.15) is 20.3 Å². The van der Waals surface area contributed by atoms with Gasteiger partial charge in [-0.1, -0.05) is 13.8 Å². The zero-order valence-corrected chi connectivity index (χ0v) is 14.5. The number of sulfonamides is 1. The van der Waals surface area contributed by atoms with E-state index in [4.69, 9.17) is 4.74 Å². The van der Waals surface area contributed by atoms with Crippen molar-refractivity contribution >= 4 is 10.0 Å². The summed E-state index contributed by atoms with van der Waals surface area (Å²) < 4.78 is 59.9. The molecule has 1 N–H and O–H groups in total. The molecule has 3 atom stereocenters. The van der Waals surface area contributed by atoms with Crippen LogP contribution in [0.15, 0.2) is 23.1 Å². The lowest BCUT2D eigenvalue weighted by atomic mass is 10.0. The van der Waals surface area contributed by atoms with Crippen LogP contribution in [-0.4, -0.2) is 51.2 Å². The topological polar surface area (TPSA) is 58.6 Å². The molecule has 3 rings (SSSR count). The maximum absolute atomic E-state index is 13.8. The van der Waals surface area contributed by atoms with Crippen molar-refractivity contribution in [3.8, 4) is 0 Å². The van der Waals surface area contributed by atoms with E-state index in [9.17, 15) is 17.2 Å². The van der Waals surface area contributed by atoms with Gasteiger partial charge in [0.05, 0.1) is 12.7 Å². The van der Waals surface area contributed by atoms with Crippen molar-refractivity contribution in [2.24, 2.45) is 5.92 Å². The predicted octanol–water partition coefficient (Wildman–Crippen LogP) is 1.74. The third-order valence-electron chi connectivity index (χ3n) is 4.69. The molecule has 0 saturated carbocycles. The predicted molar refractivity (Wildman–Crippen MR) is 85.0 cm³/mol. The lowest BCUT2D eigenvalue weighted by Gasteiger charge is -2.36. The Kier molecular flexibility index (Phi) is 4.92. The number of rotatable bonds is 4. The van der Waals surface area contributed by atoms with Gasteiger partial charge in [-0.3, -0.25) is 4.90 Å². The summed E-state index contributed by atoms with van der Waals surface area (Å²) in [6.45, 7) is 6.11. The summed E-state index contributed by atoms with van der Waals surface area (Å²) in [5.74, 6) is -1.49. The van der Waals surface area contributed by atoms with Crippen molar-refractivity contribution in [3.05, 3.63) is 29.8 Å². The Balaban J connectivity index is 1.69. The molecule has 2 heterocycles. The molecule has 8 heteroatoms. The van der Waals surface area contributed by atoms with Crippen molar-refractivity contribution in [2.75, 3.05) is 19.7 Å². The molecule has 5 nitrogen and oxygen atoms in total. The molecule has 2 saturated heterocycles. The standard InChI is InChI=1S/C16H22F2N2O3S/c1-10(2)15-8-20-7-12(6-13(20)9-23-15)19-24(21,22)16-4-3-11(17)5-14(16)18/h3-5,10,12-13,15,19H,6-9H2,1-2H3/t12-,13-,15+/m0/s1. The van der Waals surface area contributed by atoms with Crippen molar-refractivity contribution in [3.63, 3.8) is 0 Å². The Morgan fingerprint density at radius 1 is 1.29 bits per heavy atom. The van der Waals surface area contributed by atoms with Crippen molar-refractivity contribution in [1.82, 2.24) is 9.62 Å². The maximum Gasteiger partial charge on any atom is 0.243 e. The van der Waals surface area contributed by atoms with Gasteiger partial charge >= 0.3 is 0 Å². The molecule has 2 aliphatic heterocycles. The SMILES string of the molecule is CC(C)[C@H]1CN2C[C@@H](NS(=O)(=O)c3ccc(F)cc3F)C[C@H]2CO1. The molecule has 0 bridgehead atoms. The number of morpholine rings is 1. The van der Waals surface area contributed by atoms with Crippen LogP contribution in [0.3, 0.4) is 0 Å². The van der Waals surface area contributed by atoms with E-state index in [0.29, 0.717) is 31.6 Å². The van der Waals surface area contributed by atoms with Crippen molar-refractivity contribution in [2.45, 2.75) is 43.4 Å². The molecule has 0 unspecified atom stereocenters. The van der Waals surface area contributed by atoms with Gasteiger partial charge in [0.2, 0.25) is 10.0 Å². The minimum absolute atomic E-state index is 0.145. The fourth-order valence-corrected chi connectivity index (χ4v) is 4.66. The van der Waals surface area contributed by atoms with E-state index in [-0.39, 0.29) is 18.2 Å². The van der Waals surface area contributed by atoms with E-state index in [1.807, 2.05) is 0 Å². The lowest BCUT2D eigenvalue weighted by Crippen LogP contribution is -2.48. The molecule has 2 fully saturated rings. The highest BCUT2D eigenvalue weighted by Gasteiger charge is 2.39. The van der Waals surface area contributed by atoms with E-state index < -0.39 is 26.6 Å². The largest absolute Gasteiger partial charge is 0.375 e. The maximum atomic E-state index is 13.8. The van der Waals surface area contributed by atoms with Gasteiger partial charge in [-0.15, -0.1) is 0 Å². The van der Waals surface area contributed by atoms with E-state index in [1.165, 1.54) is 0 Å². The number of benzene rings is 1. The highest BCUT2D eigenvalue weighted by Crippen LogP contribution is 2.27. The Labute approximate surface area is 141 Å². The third kappa shape index (κ3) is 3.61. The monoisotopic (exact) mass is 360 g/mol. The van der Waals surface area contributed by atoms with Gasteiger partial charge in [0.15, 0.2) is 0 Å². The third-order valence-corrected chi connectivity index (χ3v) is 6.25. The van der Waals surface area contributed by atoms with Crippen LogP contribution in [-0.2, 0) is 14.8 Å². The molecule has 0 aromatic heterocycles. The second kappa shape index (κ2) is 6.67. The molecule has 2 aliphatic rings. The van der Waals surface area contributed by atoms with Crippen LogP contribution in [0.25, 0.3) is 0 Å². The Morgan fingerprint density at radius 3 is 2.71 bits per heavy atom. The minimum Gasteiger partial charge on any atom is -0.375 e. The summed E-state index contributed by atoms with van der Waals surface area (Å²) in [6.07, 6.45) is 0.762. The van der Waals surface area contributed by atoms with Gasteiger partial charge in [-0.2, -0.15) is 0 Å². The highest BCUT2D eigenvalue weighted by atomic mass is 32.2. The van der Waals surface area contributed by atoms with Crippen molar-refractivity contribution < 1.29 is 21.9 Å². The fourth-order valence-electron chi connectivity index (χ4n) is 3.36. The van der Waals surface area contributed by atoms with Crippen LogP contribution < -0.4 is 4.72 Å². The number of nitrogens with one attached hydrogen (secondary N) is 1. The first-order valence-corrected chi connectivity index (χ1v) is 9.57. The molecule has 24 heavy (non-hydrogen) atoms. The summed E-state index contributed by atoms with van der Waals surface area (Å²) in [5.41, 5.74) is 0.